The molecule has 2 nitrogen and oxygen atoms in total. The molecule has 0 aromatic carbocycles. The molecule has 1 aliphatic heterocycles. The molecule has 0 N–H and O–H groups in total. The van der Waals surface area contributed by atoms with Crippen molar-refractivity contribution in [3.63, 3.8) is 0 Å². The van der Waals surface area contributed by atoms with Crippen LogP contribution in [0.25, 0.3) is 0 Å². The zero-order valence-corrected chi connectivity index (χ0v) is 10.2. The maximum Gasteiger partial charge on any atom is 0.223 e. The van der Waals surface area contributed by atoms with Gasteiger partial charge in [0, 0.05) is 29.2 Å². The summed E-state index contributed by atoms with van der Waals surface area (Å²) in [5.74, 6) is 0.281. The molecule has 1 aliphatic rings. The van der Waals surface area contributed by atoms with Crippen LogP contribution in [-0.4, -0.2) is 28.7 Å². The normalized spacial score (nSPS) is 21.9. The van der Waals surface area contributed by atoms with Gasteiger partial charge in [-0.25, -0.2) is 0 Å². The first kappa shape index (κ1) is 10.2. The Balaban J connectivity index is 1.84. The van der Waals surface area contributed by atoms with Crippen molar-refractivity contribution in [3.8, 4) is 0 Å². The predicted molar refractivity (Wildman–Crippen MR) is 61.9 cm³/mol. The molecule has 2 heterocycles. The van der Waals surface area contributed by atoms with Gasteiger partial charge in [0.2, 0.25) is 5.91 Å². The largest absolute Gasteiger partial charge is 0.341 e. The van der Waals surface area contributed by atoms with Gasteiger partial charge < -0.3 is 4.90 Å². The summed E-state index contributed by atoms with van der Waals surface area (Å²) in [6.45, 7) is 1.73. The molecule has 14 heavy (non-hydrogen) atoms. The summed E-state index contributed by atoms with van der Waals surface area (Å²) in [6.07, 6.45) is 1.65. The summed E-state index contributed by atoms with van der Waals surface area (Å²) in [5, 5.41) is 2.08. The van der Waals surface area contributed by atoms with Crippen molar-refractivity contribution in [2.45, 2.75) is 17.7 Å². The molecular weight excluding hydrogens is 262 g/mol. The highest BCUT2D eigenvalue weighted by atomic mass is 79.9. The van der Waals surface area contributed by atoms with Crippen molar-refractivity contribution in [1.29, 1.82) is 0 Å². The lowest BCUT2D eigenvalue weighted by molar-refractivity contribution is -0.127. The van der Waals surface area contributed by atoms with E-state index < -0.39 is 0 Å². The molecule has 0 aliphatic carbocycles. The van der Waals surface area contributed by atoms with Gasteiger partial charge in [-0.05, 0) is 17.9 Å². The number of amides is 1. The van der Waals surface area contributed by atoms with E-state index in [1.165, 1.54) is 4.88 Å². The molecule has 1 fully saturated rings. The molecule has 0 saturated carbocycles. The van der Waals surface area contributed by atoms with Crippen LogP contribution >= 0.6 is 27.3 Å². The van der Waals surface area contributed by atoms with E-state index in [4.69, 9.17) is 0 Å². The first-order valence-corrected chi connectivity index (χ1v) is 6.49. The van der Waals surface area contributed by atoms with Gasteiger partial charge in [-0.1, -0.05) is 22.0 Å². The van der Waals surface area contributed by atoms with Gasteiger partial charge in [-0.15, -0.1) is 11.3 Å². The fourth-order valence-electron chi connectivity index (χ4n) is 1.64. The Morgan fingerprint density at radius 3 is 3.07 bits per heavy atom. The predicted octanol–water partition coefficient (Wildman–Crippen LogP) is 2.29. The van der Waals surface area contributed by atoms with Gasteiger partial charge in [0.1, 0.15) is 0 Å². The van der Waals surface area contributed by atoms with Crippen molar-refractivity contribution in [2.75, 3.05) is 13.1 Å². The smallest absolute Gasteiger partial charge is 0.223 e. The van der Waals surface area contributed by atoms with Crippen LogP contribution in [0.1, 0.15) is 11.3 Å². The Labute approximate surface area is 96.0 Å². The molecule has 76 valence electrons. The van der Waals surface area contributed by atoms with Gasteiger partial charge in [-0.2, -0.15) is 0 Å². The highest BCUT2D eigenvalue weighted by molar-refractivity contribution is 9.09. The quantitative estimate of drug-likeness (QED) is 0.774. The lowest BCUT2D eigenvalue weighted by Gasteiger charge is -2.14. The Morgan fingerprint density at radius 1 is 1.64 bits per heavy atom. The van der Waals surface area contributed by atoms with Gasteiger partial charge >= 0.3 is 0 Å². The third kappa shape index (κ3) is 2.36. The maximum atomic E-state index is 11.4. The second-order valence-corrected chi connectivity index (χ2v) is 5.80. The number of halogens is 1. The average Bonchev–Trinajstić information content (AvgIpc) is 2.72. The summed E-state index contributed by atoms with van der Waals surface area (Å²) in [5.41, 5.74) is 0. The van der Waals surface area contributed by atoms with Crippen molar-refractivity contribution >= 4 is 33.2 Å². The van der Waals surface area contributed by atoms with E-state index in [0.29, 0.717) is 11.2 Å². The summed E-state index contributed by atoms with van der Waals surface area (Å²) in [7, 11) is 0. The van der Waals surface area contributed by atoms with Crippen LogP contribution in [0.5, 0.6) is 0 Å². The van der Waals surface area contributed by atoms with E-state index in [9.17, 15) is 4.79 Å². The topological polar surface area (TPSA) is 20.3 Å². The van der Waals surface area contributed by atoms with Gasteiger partial charge in [-0.3, -0.25) is 4.79 Å². The molecule has 0 bridgehead atoms. The fourth-order valence-corrected chi connectivity index (χ4v) is 2.96. The minimum absolute atomic E-state index is 0.281. The van der Waals surface area contributed by atoms with E-state index in [1.807, 2.05) is 4.90 Å². The fraction of sp³-hybridized carbons (Fsp3) is 0.500. The zero-order valence-electron chi connectivity index (χ0n) is 7.78. The number of hydrogen-bond acceptors (Lipinski definition) is 2. The number of nitrogens with zero attached hydrogens (tertiary/aromatic N) is 1. The summed E-state index contributed by atoms with van der Waals surface area (Å²) in [4.78, 5) is 15.1. The minimum Gasteiger partial charge on any atom is -0.341 e. The summed E-state index contributed by atoms with van der Waals surface area (Å²) >= 11 is 5.24. The van der Waals surface area contributed by atoms with E-state index in [2.05, 4.69) is 33.4 Å². The summed E-state index contributed by atoms with van der Waals surface area (Å²) < 4.78 is 0. The zero-order chi connectivity index (χ0) is 9.97. The van der Waals surface area contributed by atoms with Gasteiger partial charge in [0.05, 0.1) is 0 Å². The van der Waals surface area contributed by atoms with Crippen molar-refractivity contribution in [1.82, 2.24) is 4.90 Å². The van der Waals surface area contributed by atoms with Gasteiger partial charge in [0.25, 0.3) is 0 Å². The Bertz CT molecular complexity index is 312. The van der Waals surface area contributed by atoms with Crippen LogP contribution in [0, 0.1) is 0 Å². The highest BCUT2D eigenvalue weighted by Crippen LogP contribution is 2.19. The van der Waals surface area contributed by atoms with Crippen LogP contribution < -0.4 is 0 Å². The van der Waals surface area contributed by atoms with Crippen LogP contribution in [0.4, 0.5) is 0 Å². The average molecular weight is 274 g/mol. The highest BCUT2D eigenvalue weighted by Gasteiger charge is 2.26. The molecule has 0 spiro atoms. The minimum atomic E-state index is 0.281. The summed E-state index contributed by atoms with van der Waals surface area (Å²) in [6, 6.07) is 4.18. The van der Waals surface area contributed by atoms with Crippen LogP contribution in [0.15, 0.2) is 17.5 Å². The molecule has 1 aromatic rings. The molecule has 1 saturated heterocycles. The first-order chi connectivity index (χ1) is 6.75. The molecular formula is C10H12BrNOS. The number of likely N-dealkylation sites (tertiary alicyclic amines) is 1. The first-order valence-electron chi connectivity index (χ1n) is 4.70. The molecule has 1 unspecified atom stereocenters. The number of rotatable bonds is 3. The monoisotopic (exact) mass is 273 g/mol. The molecule has 0 radical (unpaired) electrons. The lowest BCUT2D eigenvalue weighted by Crippen LogP contribution is -2.27. The number of hydrogen-bond donors (Lipinski definition) is 0. The lowest BCUT2D eigenvalue weighted by atomic mass is 10.3. The van der Waals surface area contributed by atoms with Crippen LogP contribution in [0.2, 0.25) is 0 Å². The molecule has 1 amide bonds. The Hall–Kier alpha value is -0.350. The number of carbonyl (C=O) groups is 1. The van der Waals surface area contributed by atoms with E-state index in [-0.39, 0.29) is 5.91 Å². The van der Waals surface area contributed by atoms with E-state index >= 15 is 0 Å². The Kier molecular flexibility index (Phi) is 3.23. The molecule has 1 aromatic heterocycles. The second kappa shape index (κ2) is 4.45. The number of alkyl halides is 1. The van der Waals surface area contributed by atoms with Crippen LogP contribution in [-0.2, 0) is 11.2 Å². The van der Waals surface area contributed by atoms with Gasteiger partial charge in [0.15, 0.2) is 0 Å². The molecule has 2 rings (SSSR count). The second-order valence-electron chi connectivity index (χ2n) is 3.47. The number of carbonyl (C=O) groups excluding carboxylic acids is 1. The third-order valence-corrected chi connectivity index (χ3v) is 3.93. The Morgan fingerprint density at radius 2 is 2.50 bits per heavy atom. The molecule has 1 atom stereocenters. The molecule has 4 heteroatoms. The van der Waals surface area contributed by atoms with E-state index in [1.54, 1.807) is 11.3 Å². The van der Waals surface area contributed by atoms with Crippen LogP contribution in [0.3, 0.4) is 0 Å². The van der Waals surface area contributed by atoms with Crippen molar-refractivity contribution < 1.29 is 4.79 Å². The van der Waals surface area contributed by atoms with Crippen molar-refractivity contribution in [3.05, 3.63) is 22.4 Å². The van der Waals surface area contributed by atoms with E-state index in [0.717, 1.165) is 19.5 Å². The maximum absolute atomic E-state index is 11.4. The standard InChI is InChI=1S/C10H12BrNOS/c11-8-6-10(13)12(7-8)4-3-9-2-1-5-14-9/h1-2,5,8H,3-4,6-7H2. The number of thiophene rings is 1. The third-order valence-electron chi connectivity index (χ3n) is 2.38. The van der Waals surface area contributed by atoms with Crippen molar-refractivity contribution in [2.24, 2.45) is 0 Å². The SMILES string of the molecule is O=C1CC(Br)CN1CCc1cccs1.